The molecule has 3 aromatic rings. The van der Waals surface area contributed by atoms with Gasteiger partial charge in [-0.25, -0.2) is 9.37 Å². The number of rotatable bonds is 4. The molecule has 0 amide bonds. The minimum absolute atomic E-state index is 0.287. The third-order valence-corrected chi connectivity index (χ3v) is 3.53. The molecule has 0 fully saturated rings. The molecule has 0 saturated carbocycles. The Labute approximate surface area is 134 Å². The van der Waals surface area contributed by atoms with Crippen LogP contribution in [0.2, 0.25) is 0 Å². The van der Waals surface area contributed by atoms with Crippen molar-refractivity contribution in [2.24, 2.45) is 0 Å². The van der Waals surface area contributed by atoms with Crippen LogP contribution in [-0.2, 0) is 0 Å². The lowest BCUT2D eigenvalue weighted by Gasteiger charge is -2.11. The lowest BCUT2D eigenvalue weighted by atomic mass is 10.1. The van der Waals surface area contributed by atoms with Gasteiger partial charge in [0.05, 0.1) is 0 Å². The molecule has 116 valence electrons. The van der Waals surface area contributed by atoms with Crippen LogP contribution in [0, 0.1) is 12.7 Å². The van der Waals surface area contributed by atoms with Crippen molar-refractivity contribution in [1.29, 1.82) is 0 Å². The standard InChI is InChI=1S/C18H17FN4/c1-3-20-18-16(15-7-5-4-6-12(15)2)21-17(22-23-18)13-8-10-14(19)11-9-13/h4-11H,3H2,1-2H3,(H,20,23). The Morgan fingerprint density at radius 2 is 1.74 bits per heavy atom. The van der Waals surface area contributed by atoms with E-state index in [0.29, 0.717) is 11.6 Å². The molecular formula is C18H17FN4. The van der Waals surface area contributed by atoms with Gasteiger partial charge in [0.15, 0.2) is 11.6 Å². The van der Waals surface area contributed by atoms with Crippen molar-refractivity contribution in [3.63, 3.8) is 0 Å². The summed E-state index contributed by atoms with van der Waals surface area (Å²) in [6.07, 6.45) is 0. The molecule has 1 aromatic heterocycles. The smallest absolute Gasteiger partial charge is 0.182 e. The number of nitrogens with one attached hydrogen (secondary N) is 1. The molecule has 4 nitrogen and oxygen atoms in total. The zero-order valence-corrected chi connectivity index (χ0v) is 13.0. The van der Waals surface area contributed by atoms with E-state index in [1.54, 1.807) is 12.1 Å². The maximum atomic E-state index is 13.1. The number of nitrogens with zero attached hydrogens (tertiary/aromatic N) is 3. The third-order valence-electron chi connectivity index (χ3n) is 3.53. The van der Waals surface area contributed by atoms with E-state index in [9.17, 15) is 4.39 Å². The van der Waals surface area contributed by atoms with Gasteiger partial charge in [0.25, 0.3) is 0 Å². The highest BCUT2D eigenvalue weighted by molar-refractivity contribution is 5.75. The minimum Gasteiger partial charge on any atom is -0.367 e. The first-order valence-electron chi connectivity index (χ1n) is 7.49. The normalized spacial score (nSPS) is 10.6. The highest BCUT2D eigenvalue weighted by Crippen LogP contribution is 2.28. The molecule has 0 saturated heterocycles. The number of halogens is 1. The summed E-state index contributed by atoms with van der Waals surface area (Å²) < 4.78 is 13.1. The molecule has 3 rings (SSSR count). The number of aromatic nitrogens is 3. The zero-order chi connectivity index (χ0) is 16.2. The molecule has 0 atom stereocenters. The van der Waals surface area contributed by atoms with Gasteiger partial charge in [-0.2, -0.15) is 0 Å². The summed E-state index contributed by atoms with van der Waals surface area (Å²) in [4.78, 5) is 4.66. The first kappa shape index (κ1) is 15.1. The predicted molar refractivity (Wildman–Crippen MR) is 89.6 cm³/mol. The average Bonchev–Trinajstić information content (AvgIpc) is 2.57. The van der Waals surface area contributed by atoms with Crippen molar-refractivity contribution in [3.8, 4) is 22.6 Å². The van der Waals surface area contributed by atoms with Crippen molar-refractivity contribution in [2.75, 3.05) is 11.9 Å². The van der Waals surface area contributed by atoms with E-state index >= 15 is 0 Å². The van der Waals surface area contributed by atoms with Gasteiger partial charge in [-0.15, -0.1) is 10.2 Å². The van der Waals surface area contributed by atoms with Gasteiger partial charge >= 0.3 is 0 Å². The number of benzene rings is 2. The fraction of sp³-hybridized carbons (Fsp3) is 0.167. The summed E-state index contributed by atoms with van der Waals surface area (Å²) >= 11 is 0. The van der Waals surface area contributed by atoms with E-state index in [1.807, 2.05) is 38.1 Å². The summed E-state index contributed by atoms with van der Waals surface area (Å²) in [7, 11) is 0. The second-order valence-electron chi connectivity index (χ2n) is 5.18. The summed E-state index contributed by atoms with van der Waals surface area (Å²) in [5.74, 6) is 0.836. The molecule has 0 radical (unpaired) electrons. The van der Waals surface area contributed by atoms with E-state index in [1.165, 1.54) is 12.1 Å². The molecule has 23 heavy (non-hydrogen) atoms. The Morgan fingerprint density at radius 3 is 2.43 bits per heavy atom. The number of anilines is 1. The van der Waals surface area contributed by atoms with Crippen LogP contribution in [0.15, 0.2) is 48.5 Å². The number of hydrogen-bond acceptors (Lipinski definition) is 4. The fourth-order valence-corrected chi connectivity index (χ4v) is 2.36. The molecule has 0 aliphatic carbocycles. The molecule has 5 heteroatoms. The molecule has 1 heterocycles. The summed E-state index contributed by atoms with van der Waals surface area (Å²) in [5, 5.41) is 11.6. The lowest BCUT2D eigenvalue weighted by Crippen LogP contribution is -2.06. The molecule has 1 N–H and O–H groups in total. The van der Waals surface area contributed by atoms with E-state index < -0.39 is 0 Å². The SMILES string of the molecule is CCNc1nnc(-c2ccc(F)cc2)nc1-c1ccccc1C. The van der Waals surface area contributed by atoms with Crippen LogP contribution in [0.5, 0.6) is 0 Å². The number of hydrogen-bond donors (Lipinski definition) is 1. The highest BCUT2D eigenvalue weighted by atomic mass is 19.1. The molecular weight excluding hydrogens is 291 g/mol. The van der Waals surface area contributed by atoms with Crippen LogP contribution < -0.4 is 5.32 Å². The lowest BCUT2D eigenvalue weighted by molar-refractivity contribution is 0.628. The largest absolute Gasteiger partial charge is 0.367 e. The van der Waals surface area contributed by atoms with E-state index in [4.69, 9.17) is 0 Å². The summed E-state index contributed by atoms with van der Waals surface area (Å²) in [5.41, 5.74) is 3.59. The maximum Gasteiger partial charge on any atom is 0.182 e. The highest BCUT2D eigenvalue weighted by Gasteiger charge is 2.13. The van der Waals surface area contributed by atoms with Crippen LogP contribution in [0.1, 0.15) is 12.5 Å². The van der Waals surface area contributed by atoms with Gasteiger partial charge in [-0.1, -0.05) is 24.3 Å². The van der Waals surface area contributed by atoms with Crippen molar-refractivity contribution in [1.82, 2.24) is 15.2 Å². The monoisotopic (exact) mass is 308 g/mol. The summed E-state index contributed by atoms with van der Waals surface area (Å²) in [6.45, 7) is 4.76. The van der Waals surface area contributed by atoms with E-state index in [-0.39, 0.29) is 5.82 Å². The van der Waals surface area contributed by atoms with E-state index in [0.717, 1.165) is 28.9 Å². The second-order valence-corrected chi connectivity index (χ2v) is 5.18. The van der Waals surface area contributed by atoms with Gasteiger partial charge in [-0.05, 0) is 43.7 Å². The Hall–Kier alpha value is -2.82. The van der Waals surface area contributed by atoms with Gasteiger partial charge in [-0.3, -0.25) is 0 Å². The van der Waals surface area contributed by atoms with E-state index in [2.05, 4.69) is 20.5 Å². The molecule has 0 bridgehead atoms. The topological polar surface area (TPSA) is 50.7 Å². The molecule has 0 spiro atoms. The maximum absolute atomic E-state index is 13.1. The summed E-state index contributed by atoms with van der Waals surface area (Å²) in [6, 6.07) is 14.1. The van der Waals surface area contributed by atoms with Crippen LogP contribution in [0.25, 0.3) is 22.6 Å². The minimum atomic E-state index is -0.287. The Kier molecular flexibility index (Phi) is 4.28. The second kappa shape index (κ2) is 6.52. The molecule has 0 aliphatic heterocycles. The van der Waals surface area contributed by atoms with Gasteiger partial charge in [0.1, 0.15) is 11.5 Å². The van der Waals surface area contributed by atoms with Crippen LogP contribution in [0.3, 0.4) is 0 Å². The van der Waals surface area contributed by atoms with Crippen LogP contribution in [0.4, 0.5) is 10.2 Å². The zero-order valence-electron chi connectivity index (χ0n) is 13.0. The third kappa shape index (κ3) is 3.18. The molecule has 0 aliphatic rings. The average molecular weight is 308 g/mol. The molecule has 0 unspecified atom stereocenters. The predicted octanol–water partition coefficient (Wildman–Crippen LogP) is 4.08. The first-order valence-corrected chi connectivity index (χ1v) is 7.49. The quantitative estimate of drug-likeness (QED) is 0.789. The Morgan fingerprint density at radius 1 is 1.00 bits per heavy atom. The van der Waals surface area contributed by atoms with Gasteiger partial charge < -0.3 is 5.32 Å². The van der Waals surface area contributed by atoms with Crippen LogP contribution in [-0.4, -0.2) is 21.7 Å². The molecule has 2 aromatic carbocycles. The van der Waals surface area contributed by atoms with Crippen molar-refractivity contribution in [3.05, 3.63) is 59.9 Å². The van der Waals surface area contributed by atoms with Gasteiger partial charge in [0.2, 0.25) is 0 Å². The van der Waals surface area contributed by atoms with Crippen molar-refractivity contribution in [2.45, 2.75) is 13.8 Å². The fourth-order valence-electron chi connectivity index (χ4n) is 2.36. The van der Waals surface area contributed by atoms with Crippen molar-refractivity contribution >= 4 is 5.82 Å². The first-order chi connectivity index (χ1) is 11.2. The van der Waals surface area contributed by atoms with Crippen molar-refractivity contribution < 1.29 is 4.39 Å². The Bertz CT molecular complexity index is 816. The van der Waals surface area contributed by atoms with Gasteiger partial charge in [0, 0.05) is 17.7 Å². The van der Waals surface area contributed by atoms with Crippen LogP contribution >= 0.6 is 0 Å². The number of aryl methyl sites for hydroxylation is 1. The Balaban J connectivity index is 2.14.